The Hall–Kier alpha value is -1.95. The Balaban J connectivity index is 2.44. The fourth-order valence-electron chi connectivity index (χ4n) is 3.51. The first-order valence-corrected chi connectivity index (χ1v) is 8.89. The summed E-state index contributed by atoms with van der Waals surface area (Å²) in [4.78, 5) is 13.7. The van der Waals surface area contributed by atoms with Gasteiger partial charge in [-0.3, -0.25) is 0 Å². The number of carbonyl (C=O) groups is 1. The first kappa shape index (κ1) is 20.4. The Labute approximate surface area is 156 Å². The van der Waals surface area contributed by atoms with Gasteiger partial charge in [-0.15, -0.1) is 0 Å². The fourth-order valence-corrected chi connectivity index (χ4v) is 3.51. The van der Waals surface area contributed by atoms with Gasteiger partial charge in [0.05, 0.1) is 20.3 Å². The van der Waals surface area contributed by atoms with Crippen LogP contribution >= 0.6 is 0 Å². The average molecular weight is 365 g/mol. The van der Waals surface area contributed by atoms with Crippen LogP contribution in [0.15, 0.2) is 18.2 Å². The van der Waals surface area contributed by atoms with Crippen molar-refractivity contribution >= 4 is 6.09 Å². The van der Waals surface area contributed by atoms with Gasteiger partial charge in [0, 0.05) is 24.4 Å². The number of amides is 1. The lowest BCUT2D eigenvalue weighted by atomic mass is 9.72. The second kappa shape index (κ2) is 7.35. The van der Waals surface area contributed by atoms with Gasteiger partial charge in [-0.05, 0) is 45.4 Å². The Morgan fingerprint density at radius 2 is 1.96 bits per heavy atom. The average Bonchev–Trinajstić information content (AvgIpc) is 2.92. The Morgan fingerprint density at radius 1 is 1.31 bits per heavy atom. The van der Waals surface area contributed by atoms with Crippen molar-refractivity contribution in [3.05, 3.63) is 23.8 Å². The summed E-state index contributed by atoms with van der Waals surface area (Å²) in [5.74, 6) is 1.27. The van der Waals surface area contributed by atoms with E-state index in [0.29, 0.717) is 24.6 Å². The maximum Gasteiger partial charge on any atom is 0.409 e. The van der Waals surface area contributed by atoms with Gasteiger partial charge in [-0.2, -0.15) is 0 Å². The lowest BCUT2D eigenvalue weighted by Gasteiger charge is -2.34. The molecule has 3 atom stereocenters. The van der Waals surface area contributed by atoms with Gasteiger partial charge < -0.3 is 24.2 Å². The molecule has 6 nitrogen and oxygen atoms in total. The largest absolute Gasteiger partial charge is 0.493 e. The number of methoxy groups -OCH3 is 2. The zero-order chi connectivity index (χ0) is 19.7. The van der Waals surface area contributed by atoms with Gasteiger partial charge >= 0.3 is 6.09 Å². The molecule has 6 heteroatoms. The molecule has 1 amide bonds. The van der Waals surface area contributed by atoms with E-state index in [4.69, 9.17) is 14.2 Å². The molecule has 1 aliphatic rings. The first-order chi connectivity index (χ1) is 12.0. The second-order valence-corrected chi connectivity index (χ2v) is 8.21. The summed E-state index contributed by atoms with van der Waals surface area (Å²) in [7, 11) is 2.98. The second-order valence-electron chi connectivity index (χ2n) is 8.21. The minimum atomic E-state index is -0.587. The molecule has 146 valence electrons. The maximum absolute atomic E-state index is 12.0. The number of carbonyl (C=O) groups excluding carboxylic acids is 1. The third-order valence-corrected chi connectivity index (χ3v) is 5.12. The summed E-state index contributed by atoms with van der Waals surface area (Å²) in [5, 5.41) is 10.4. The van der Waals surface area contributed by atoms with Gasteiger partial charge in [0.25, 0.3) is 0 Å². The molecule has 1 N–H and O–H groups in total. The van der Waals surface area contributed by atoms with Crippen molar-refractivity contribution < 1.29 is 24.1 Å². The van der Waals surface area contributed by atoms with Crippen LogP contribution in [-0.2, 0) is 4.74 Å². The van der Waals surface area contributed by atoms with E-state index in [0.717, 1.165) is 5.56 Å². The van der Waals surface area contributed by atoms with E-state index in [-0.39, 0.29) is 17.6 Å². The van der Waals surface area contributed by atoms with Crippen molar-refractivity contribution in [2.75, 3.05) is 27.3 Å². The highest BCUT2D eigenvalue weighted by Crippen LogP contribution is 2.47. The number of ether oxygens (including phenoxy) is 3. The summed E-state index contributed by atoms with van der Waals surface area (Å²) >= 11 is 0. The van der Waals surface area contributed by atoms with Crippen LogP contribution in [0, 0.1) is 5.41 Å². The third kappa shape index (κ3) is 4.06. The summed E-state index contributed by atoms with van der Waals surface area (Å²) in [6.45, 7) is 10.6. The Morgan fingerprint density at radius 3 is 2.46 bits per heavy atom. The highest BCUT2D eigenvalue weighted by Gasteiger charge is 2.48. The predicted octanol–water partition coefficient (Wildman–Crippen LogP) is 3.43. The van der Waals surface area contributed by atoms with Crippen LogP contribution in [0.25, 0.3) is 0 Å². The minimum Gasteiger partial charge on any atom is -0.493 e. The van der Waals surface area contributed by atoms with Crippen molar-refractivity contribution in [3.8, 4) is 11.5 Å². The highest BCUT2D eigenvalue weighted by atomic mass is 16.5. The molecule has 1 aromatic carbocycles. The molecule has 1 heterocycles. The smallest absolute Gasteiger partial charge is 0.409 e. The van der Waals surface area contributed by atoms with Crippen LogP contribution in [0.3, 0.4) is 0 Å². The van der Waals surface area contributed by atoms with Gasteiger partial charge in [0.15, 0.2) is 11.5 Å². The third-order valence-electron chi connectivity index (χ3n) is 5.12. The molecule has 0 bridgehead atoms. The minimum absolute atomic E-state index is 0.0465. The molecule has 1 fully saturated rings. The number of hydrogen-bond acceptors (Lipinski definition) is 5. The molecule has 0 aliphatic carbocycles. The lowest BCUT2D eigenvalue weighted by molar-refractivity contribution is 0.0469. The molecule has 0 saturated carbocycles. The number of aliphatic hydroxyl groups excluding tert-OH is 1. The molecule has 2 rings (SSSR count). The zero-order valence-corrected chi connectivity index (χ0v) is 16.8. The van der Waals surface area contributed by atoms with Gasteiger partial charge in [-0.25, -0.2) is 4.79 Å². The molecule has 2 unspecified atom stereocenters. The fraction of sp³-hybridized carbons (Fsp3) is 0.650. The van der Waals surface area contributed by atoms with Crippen LogP contribution in [0.4, 0.5) is 4.79 Å². The van der Waals surface area contributed by atoms with Crippen LogP contribution in [0.1, 0.15) is 46.1 Å². The van der Waals surface area contributed by atoms with Crippen LogP contribution in [0.2, 0.25) is 0 Å². The van der Waals surface area contributed by atoms with Crippen molar-refractivity contribution in [2.24, 2.45) is 5.41 Å². The summed E-state index contributed by atoms with van der Waals surface area (Å²) in [5.41, 5.74) is 0.148. The SMILES string of the molecule is COC(=O)N1CC(c2ccc(OC)c(OC(C)(C)C)c2)[C@](C)(C(C)O)C1. The monoisotopic (exact) mass is 365 g/mol. The number of nitrogens with zero attached hydrogens (tertiary/aromatic N) is 1. The van der Waals surface area contributed by atoms with Crippen LogP contribution < -0.4 is 9.47 Å². The van der Waals surface area contributed by atoms with Crippen molar-refractivity contribution in [1.29, 1.82) is 0 Å². The van der Waals surface area contributed by atoms with Gasteiger partial charge in [-0.1, -0.05) is 13.0 Å². The number of benzene rings is 1. The highest BCUT2D eigenvalue weighted by molar-refractivity contribution is 5.68. The van der Waals surface area contributed by atoms with Crippen molar-refractivity contribution in [3.63, 3.8) is 0 Å². The quantitative estimate of drug-likeness (QED) is 0.885. The molecular weight excluding hydrogens is 334 g/mol. The molecule has 1 saturated heterocycles. The van der Waals surface area contributed by atoms with E-state index in [1.165, 1.54) is 7.11 Å². The first-order valence-electron chi connectivity index (χ1n) is 8.89. The van der Waals surface area contributed by atoms with E-state index >= 15 is 0 Å². The van der Waals surface area contributed by atoms with Gasteiger partial charge in [0.1, 0.15) is 5.60 Å². The molecule has 1 aromatic rings. The molecule has 0 radical (unpaired) electrons. The topological polar surface area (TPSA) is 68.2 Å². The number of hydrogen-bond donors (Lipinski definition) is 1. The van der Waals surface area contributed by atoms with E-state index in [2.05, 4.69) is 0 Å². The predicted molar refractivity (Wildman–Crippen MR) is 99.9 cm³/mol. The number of rotatable bonds is 4. The molecular formula is C20H31NO5. The van der Waals surface area contributed by atoms with E-state index in [1.807, 2.05) is 45.9 Å². The number of likely N-dealkylation sites (tertiary alicyclic amines) is 1. The Bertz CT molecular complexity index is 652. The van der Waals surface area contributed by atoms with Crippen molar-refractivity contribution in [2.45, 2.75) is 52.2 Å². The standard InChI is InChI=1S/C20H31NO5/c1-13(22)20(5)12-21(18(23)25-7)11-15(20)14-8-9-16(24-6)17(10-14)26-19(2,3)4/h8-10,13,15,22H,11-12H2,1-7H3/t13?,15?,20-/m0/s1. The van der Waals surface area contributed by atoms with Crippen LogP contribution in [-0.4, -0.2) is 55.1 Å². The normalized spacial score (nSPS) is 24.3. The van der Waals surface area contributed by atoms with Crippen LogP contribution in [0.5, 0.6) is 11.5 Å². The van der Waals surface area contributed by atoms with E-state index in [9.17, 15) is 9.90 Å². The molecule has 26 heavy (non-hydrogen) atoms. The van der Waals surface area contributed by atoms with Gasteiger partial charge in [0.2, 0.25) is 0 Å². The van der Waals surface area contributed by atoms with E-state index in [1.54, 1.807) is 18.9 Å². The summed E-state index contributed by atoms with van der Waals surface area (Å²) in [6.07, 6.45) is -0.963. The number of aliphatic hydroxyl groups is 1. The summed E-state index contributed by atoms with van der Waals surface area (Å²) in [6, 6.07) is 5.80. The van der Waals surface area contributed by atoms with E-state index < -0.39 is 11.5 Å². The zero-order valence-electron chi connectivity index (χ0n) is 16.8. The molecule has 0 aromatic heterocycles. The Kier molecular flexibility index (Phi) is 5.76. The molecule has 0 spiro atoms. The molecule has 1 aliphatic heterocycles. The van der Waals surface area contributed by atoms with Crippen molar-refractivity contribution in [1.82, 2.24) is 4.90 Å². The maximum atomic E-state index is 12.0. The summed E-state index contributed by atoms with van der Waals surface area (Å²) < 4.78 is 16.4. The lowest BCUT2D eigenvalue weighted by Crippen LogP contribution is -2.38.